The van der Waals surface area contributed by atoms with Crippen molar-refractivity contribution in [3.05, 3.63) is 53.6 Å². The standard InChI is InChI=1S/C23H21ClN5O4/c1-23(2)32-18-16(10-30-13-5-3-12-4-6-17(24)28-15(12)9-13)31-22(19(18)33-23)29-8-7-14-20(25)26-11-27-21(14)29/h3-9,11,16,18-19H,10H2,1-2H3,(H2,25,26,27)/q+1/b29-22+/t16-,18-,19-/m1/s1. The molecule has 5 heterocycles. The van der Waals surface area contributed by atoms with E-state index in [0.717, 1.165) is 16.5 Å². The predicted octanol–water partition coefficient (Wildman–Crippen LogP) is 3.29. The van der Waals surface area contributed by atoms with E-state index >= 15 is 0 Å². The molecule has 2 aromatic heterocycles. The maximum absolute atomic E-state index is 6.31. The molecule has 168 valence electrons. The van der Waals surface area contributed by atoms with Gasteiger partial charge in [-0.25, -0.2) is 4.98 Å². The summed E-state index contributed by atoms with van der Waals surface area (Å²) in [5, 5.41) is 1.41. The van der Waals surface area contributed by atoms with Crippen molar-refractivity contribution in [3.8, 4) is 5.75 Å². The van der Waals surface area contributed by atoms with E-state index in [1.807, 2.05) is 55.0 Å². The third kappa shape index (κ3) is 3.49. The Kier molecular flexibility index (Phi) is 4.55. The van der Waals surface area contributed by atoms with E-state index in [1.54, 1.807) is 6.07 Å². The normalized spacial score (nSPS) is 26.9. The van der Waals surface area contributed by atoms with E-state index in [0.29, 0.717) is 28.4 Å². The minimum absolute atomic E-state index is 0.256. The van der Waals surface area contributed by atoms with Gasteiger partial charge in [-0.3, -0.25) is 0 Å². The molecule has 2 saturated heterocycles. The van der Waals surface area contributed by atoms with Gasteiger partial charge in [0.1, 0.15) is 41.2 Å². The van der Waals surface area contributed by atoms with Crippen LogP contribution >= 0.6 is 11.6 Å². The van der Waals surface area contributed by atoms with E-state index in [4.69, 9.17) is 36.3 Å². The molecule has 3 aromatic rings. The number of anilines is 1. The van der Waals surface area contributed by atoms with Gasteiger partial charge in [-0.1, -0.05) is 11.6 Å². The third-order valence-electron chi connectivity index (χ3n) is 5.80. The van der Waals surface area contributed by atoms with Crippen LogP contribution in [0.4, 0.5) is 11.6 Å². The monoisotopic (exact) mass is 466 g/mol. The summed E-state index contributed by atoms with van der Waals surface area (Å²) in [4.78, 5) is 12.8. The molecule has 0 saturated carbocycles. The van der Waals surface area contributed by atoms with Crippen LogP contribution in [0.3, 0.4) is 0 Å². The second-order valence-electron chi connectivity index (χ2n) is 8.50. The van der Waals surface area contributed by atoms with Gasteiger partial charge >= 0.3 is 5.82 Å². The Morgan fingerprint density at radius 1 is 1.18 bits per heavy atom. The highest BCUT2D eigenvalue weighted by Crippen LogP contribution is 2.39. The van der Waals surface area contributed by atoms with E-state index in [-0.39, 0.29) is 12.7 Å². The Morgan fingerprint density at radius 2 is 2.03 bits per heavy atom. The Bertz CT molecular complexity index is 1340. The number of hydrogen-bond donors (Lipinski definition) is 1. The molecule has 0 amide bonds. The van der Waals surface area contributed by atoms with E-state index in [2.05, 4.69) is 15.0 Å². The molecule has 10 heteroatoms. The van der Waals surface area contributed by atoms with Crippen LogP contribution in [0.25, 0.3) is 17.0 Å². The highest BCUT2D eigenvalue weighted by atomic mass is 35.5. The van der Waals surface area contributed by atoms with Crippen LogP contribution in [0.2, 0.25) is 5.15 Å². The summed E-state index contributed by atoms with van der Waals surface area (Å²) in [6, 6.07) is 9.37. The number of fused-ring (bicyclic) bond motifs is 3. The second-order valence-corrected chi connectivity index (χ2v) is 8.88. The number of benzene rings is 1. The van der Waals surface area contributed by atoms with Crippen molar-refractivity contribution < 1.29 is 23.5 Å². The van der Waals surface area contributed by atoms with Gasteiger partial charge in [0.2, 0.25) is 6.33 Å². The molecular weight excluding hydrogens is 446 g/mol. The number of pyridine rings is 1. The molecule has 0 aliphatic carbocycles. The Balaban J connectivity index is 1.29. The second kappa shape index (κ2) is 7.38. The molecule has 0 unspecified atom stereocenters. The van der Waals surface area contributed by atoms with Crippen LogP contribution in [0.1, 0.15) is 19.4 Å². The fraction of sp³-hybridized carbons (Fsp3) is 0.304. The van der Waals surface area contributed by atoms with Gasteiger partial charge in [-0.05, 0) is 49.2 Å². The number of halogens is 1. The first-order valence-electron chi connectivity index (χ1n) is 10.5. The van der Waals surface area contributed by atoms with Gasteiger partial charge in [0.05, 0.1) is 5.52 Å². The highest BCUT2D eigenvalue weighted by Gasteiger charge is 2.57. The molecule has 0 radical (unpaired) electrons. The van der Waals surface area contributed by atoms with Crippen molar-refractivity contribution in [3.63, 3.8) is 0 Å². The summed E-state index contributed by atoms with van der Waals surface area (Å²) < 4.78 is 26.6. The molecule has 2 fully saturated rings. The average molecular weight is 467 g/mol. The van der Waals surface area contributed by atoms with Crippen LogP contribution in [0.15, 0.2) is 42.9 Å². The highest BCUT2D eigenvalue weighted by molar-refractivity contribution is 6.29. The maximum atomic E-state index is 6.31. The smallest absolute Gasteiger partial charge is 0.343 e. The van der Waals surface area contributed by atoms with Gasteiger partial charge in [0, 0.05) is 11.5 Å². The van der Waals surface area contributed by atoms with Gasteiger partial charge in [0.25, 0.3) is 5.90 Å². The molecule has 2 N–H and O–H groups in total. The van der Waals surface area contributed by atoms with Crippen molar-refractivity contribution in [1.82, 2.24) is 15.0 Å². The number of aromatic nitrogens is 3. The molecule has 1 aromatic carbocycles. The number of nitrogens with zero attached hydrogens (tertiary/aromatic N) is 4. The molecule has 33 heavy (non-hydrogen) atoms. The van der Waals surface area contributed by atoms with Gasteiger partial charge < -0.3 is 24.7 Å². The largest absolute Gasteiger partial charge is 0.490 e. The summed E-state index contributed by atoms with van der Waals surface area (Å²) in [5.74, 6) is 1.53. The van der Waals surface area contributed by atoms with E-state index in [9.17, 15) is 0 Å². The molecule has 3 atom stereocenters. The van der Waals surface area contributed by atoms with Crippen LogP contribution in [0.5, 0.6) is 5.75 Å². The fourth-order valence-corrected chi connectivity index (χ4v) is 4.51. The number of nitrogens with two attached hydrogens (primary N) is 1. The lowest BCUT2D eigenvalue weighted by atomic mass is 10.1. The minimum atomic E-state index is -0.761. The first-order valence-corrected chi connectivity index (χ1v) is 10.9. The van der Waals surface area contributed by atoms with Crippen LogP contribution in [0, 0.1) is 0 Å². The SMILES string of the molecule is CC1(C)O[C@@H]2[C@@H](COc3ccc4ccc(Cl)nc4c3)O/C(=[N+]3\C=Cc4c(N)ncnc43)[C@@H]2O1. The quantitative estimate of drug-likeness (QED) is 0.463. The Hall–Kier alpha value is -3.27. The van der Waals surface area contributed by atoms with Crippen LogP contribution < -0.4 is 10.5 Å². The van der Waals surface area contributed by atoms with Crippen molar-refractivity contribution in [2.45, 2.75) is 37.9 Å². The van der Waals surface area contributed by atoms with Gasteiger partial charge in [0.15, 0.2) is 18.0 Å². The molecule has 0 spiro atoms. The topological polar surface area (TPSA) is 105 Å². The summed E-state index contributed by atoms with van der Waals surface area (Å²) >= 11 is 6.03. The summed E-state index contributed by atoms with van der Waals surface area (Å²) in [6.45, 7) is 4.02. The minimum Gasteiger partial charge on any atom is -0.490 e. The fourth-order valence-electron chi connectivity index (χ4n) is 4.35. The summed E-state index contributed by atoms with van der Waals surface area (Å²) in [7, 11) is 0. The zero-order valence-electron chi connectivity index (χ0n) is 17.9. The lowest BCUT2D eigenvalue weighted by molar-refractivity contribution is -0.377. The number of nitrogen functional groups attached to an aromatic ring is 1. The van der Waals surface area contributed by atoms with Gasteiger partial charge in [-0.15, -0.1) is 0 Å². The van der Waals surface area contributed by atoms with Crippen LogP contribution in [-0.2, 0) is 14.2 Å². The molecule has 0 bridgehead atoms. The zero-order chi connectivity index (χ0) is 22.7. The number of rotatable bonds is 3. The van der Waals surface area contributed by atoms with Crippen LogP contribution in [-0.4, -0.2) is 56.1 Å². The third-order valence-corrected chi connectivity index (χ3v) is 6.01. The van der Waals surface area contributed by atoms with Crippen molar-refractivity contribution >= 4 is 46.1 Å². The first kappa shape index (κ1) is 20.3. The first-order chi connectivity index (χ1) is 15.9. The summed E-state index contributed by atoms with van der Waals surface area (Å²) in [5.41, 5.74) is 7.50. The lowest BCUT2D eigenvalue weighted by Gasteiger charge is -2.22. The van der Waals surface area contributed by atoms with Crippen molar-refractivity contribution in [2.75, 3.05) is 12.3 Å². The van der Waals surface area contributed by atoms with Crippen molar-refractivity contribution in [1.29, 1.82) is 0 Å². The van der Waals surface area contributed by atoms with E-state index < -0.39 is 18.0 Å². The van der Waals surface area contributed by atoms with Crippen molar-refractivity contribution in [2.24, 2.45) is 0 Å². The lowest BCUT2D eigenvalue weighted by Crippen LogP contribution is -2.33. The number of ether oxygens (including phenoxy) is 4. The molecular formula is C23H21ClN5O4+. The zero-order valence-corrected chi connectivity index (χ0v) is 18.7. The molecule has 9 nitrogen and oxygen atoms in total. The van der Waals surface area contributed by atoms with Gasteiger partial charge in [-0.2, -0.15) is 9.56 Å². The predicted molar refractivity (Wildman–Crippen MR) is 121 cm³/mol. The maximum Gasteiger partial charge on any atom is 0.343 e. The van der Waals surface area contributed by atoms with E-state index in [1.165, 1.54) is 6.33 Å². The molecule has 3 aliphatic heterocycles. The average Bonchev–Trinajstić information content (AvgIpc) is 3.43. The Labute approximate surface area is 194 Å². The molecule has 3 aliphatic rings. The number of hydrogen-bond acceptors (Lipinski definition) is 8. The summed E-state index contributed by atoms with van der Waals surface area (Å²) in [6.07, 6.45) is 3.97. The molecule has 6 rings (SSSR count). The Morgan fingerprint density at radius 3 is 2.91 bits per heavy atom.